The maximum absolute atomic E-state index is 14.7. The molecule has 154 valence electrons. The van der Waals surface area contributed by atoms with E-state index in [4.69, 9.17) is 14.6 Å². The fourth-order valence-corrected chi connectivity index (χ4v) is 3.91. The molecule has 1 fully saturated rings. The second-order valence-electron chi connectivity index (χ2n) is 6.71. The maximum atomic E-state index is 14.7. The quantitative estimate of drug-likeness (QED) is 0.742. The Kier molecular flexibility index (Phi) is 6.21. The second kappa shape index (κ2) is 8.46. The summed E-state index contributed by atoms with van der Waals surface area (Å²) < 4.78 is 51.6. The molecule has 1 aliphatic heterocycles. The SMILES string of the molecule is COc1cc2ncc(F)c(N3CCC(CCOS(N)(=O)=O)CC3)c2cc1OC. The highest BCUT2D eigenvalue weighted by molar-refractivity contribution is 7.84. The van der Waals surface area contributed by atoms with Crippen LogP contribution in [-0.4, -0.2) is 47.3 Å². The van der Waals surface area contributed by atoms with Gasteiger partial charge in [-0.05, 0) is 31.2 Å². The van der Waals surface area contributed by atoms with Gasteiger partial charge in [0.1, 0.15) is 0 Å². The molecule has 2 aromatic rings. The molecule has 8 nitrogen and oxygen atoms in total. The molecule has 0 bridgehead atoms. The normalized spacial score (nSPS) is 15.8. The van der Waals surface area contributed by atoms with Gasteiger partial charge in [0.2, 0.25) is 0 Å². The second-order valence-corrected chi connectivity index (χ2v) is 7.93. The van der Waals surface area contributed by atoms with Crippen LogP contribution in [0.2, 0.25) is 0 Å². The number of hydrogen-bond donors (Lipinski definition) is 1. The maximum Gasteiger partial charge on any atom is 0.333 e. The van der Waals surface area contributed by atoms with Crippen molar-refractivity contribution in [3.8, 4) is 11.5 Å². The molecule has 2 heterocycles. The number of aromatic nitrogens is 1. The smallest absolute Gasteiger partial charge is 0.333 e. The molecule has 0 amide bonds. The fraction of sp³-hybridized carbons (Fsp3) is 0.500. The molecule has 1 aromatic heterocycles. The molecular formula is C18H24FN3O5S. The van der Waals surface area contributed by atoms with Crippen LogP contribution in [0.15, 0.2) is 18.3 Å². The van der Waals surface area contributed by atoms with Gasteiger partial charge in [0.15, 0.2) is 17.3 Å². The third-order valence-corrected chi connectivity index (χ3v) is 5.50. The Balaban J connectivity index is 1.78. The van der Waals surface area contributed by atoms with E-state index in [9.17, 15) is 12.8 Å². The molecule has 0 spiro atoms. The molecule has 0 saturated carbocycles. The van der Waals surface area contributed by atoms with E-state index in [1.807, 2.05) is 4.90 Å². The molecule has 3 rings (SSSR count). The lowest BCUT2D eigenvalue weighted by molar-refractivity contribution is 0.262. The van der Waals surface area contributed by atoms with Crippen molar-refractivity contribution in [3.63, 3.8) is 0 Å². The van der Waals surface area contributed by atoms with Crippen LogP contribution in [-0.2, 0) is 14.5 Å². The Morgan fingerprint density at radius 3 is 2.46 bits per heavy atom. The average molecular weight is 413 g/mol. The Hall–Kier alpha value is -2.17. The topological polar surface area (TPSA) is 104 Å². The number of hydrogen-bond acceptors (Lipinski definition) is 7. The molecule has 1 aromatic carbocycles. The number of methoxy groups -OCH3 is 2. The van der Waals surface area contributed by atoms with Crippen molar-refractivity contribution in [1.29, 1.82) is 0 Å². The van der Waals surface area contributed by atoms with Gasteiger partial charge in [-0.1, -0.05) is 0 Å². The van der Waals surface area contributed by atoms with Gasteiger partial charge in [0, 0.05) is 24.5 Å². The summed E-state index contributed by atoms with van der Waals surface area (Å²) in [5.41, 5.74) is 1.11. The number of rotatable bonds is 7. The van der Waals surface area contributed by atoms with Crippen molar-refractivity contribution in [2.45, 2.75) is 19.3 Å². The molecule has 0 atom stereocenters. The summed E-state index contributed by atoms with van der Waals surface area (Å²) in [5, 5.41) is 5.50. The summed E-state index contributed by atoms with van der Waals surface area (Å²) in [4.78, 5) is 6.16. The Morgan fingerprint density at radius 2 is 1.86 bits per heavy atom. The lowest BCUT2D eigenvalue weighted by atomic mass is 9.93. The van der Waals surface area contributed by atoms with E-state index >= 15 is 0 Å². The molecule has 10 heteroatoms. The molecule has 2 N–H and O–H groups in total. The van der Waals surface area contributed by atoms with Gasteiger partial charge in [0.25, 0.3) is 0 Å². The Morgan fingerprint density at radius 1 is 1.21 bits per heavy atom. The molecule has 28 heavy (non-hydrogen) atoms. The lowest BCUT2D eigenvalue weighted by Gasteiger charge is -2.34. The van der Waals surface area contributed by atoms with Gasteiger partial charge >= 0.3 is 10.3 Å². The van der Waals surface area contributed by atoms with Gasteiger partial charge in [-0.2, -0.15) is 8.42 Å². The van der Waals surface area contributed by atoms with Crippen molar-refractivity contribution in [1.82, 2.24) is 4.98 Å². The third kappa shape index (κ3) is 4.62. The zero-order valence-corrected chi connectivity index (χ0v) is 16.7. The highest BCUT2D eigenvalue weighted by Gasteiger charge is 2.24. The molecule has 0 radical (unpaired) electrons. The Bertz CT molecular complexity index is 946. The molecular weight excluding hydrogens is 389 g/mol. The summed E-state index contributed by atoms with van der Waals surface area (Å²) in [6, 6.07) is 3.47. The minimum absolute atomic E-state index is 0.0625. The van der Waals surface area contributed by atoms with Crippen molar-refractivity contribution < 1.29 is 26.5 Å². The van der Waals surface area contributed by atoms with Gasteiger partial charge in [0.05, 0.1) is 38.2 Å². The summed E-state index contributed by atoms with van der Waals surface area (Å²) in [5.74, 6) is 0.951. The first kappa shape index (κ1) is 20.6. The minimum atomic E-state index is -3.91. The highest BCUT2D eigenvalue weighted by atomic mass is 32.2. The first-order chi connectivity index (χ1) is 13.3. The summed E-state index contributed by atoms with van der Waals surface area (Å²) in [6.07, 6.45) is 3.40. The summed E-state index contributed by atoms with van der Waals surface area (Å²) in [6.45, 7) is 1.35. The van der Waals surface area contributed by atoms with Crippen LogP contribution in [0.5, 0.6) is 11.5 Å². The van der Waals surface area contributed by atoms with E-state index in [1.54, 1.807) is 19.2 Å². The van der Waals surface area contributed by atoms with E-state index in [2.05, 4.69) is 9.17 Å². The van der Waals surface area contributed by atoms with Crippen molar-refractivity contribution in [2.24, 2.45) is 11.1 Å². The van der Waals surface area contributed by atoms with Crippen LogP contribution in [0.25, 0.3) is 10.9 Å². The van der Waals surface area contributed by atoms with Crippen LogP contribution in [0.1, 0.15) is 19.3 Å². The predicted molar refractivity (Wildman–Crippen MR) is 103 cm³/mol. The van der Waals surface area contributed by atoms with Crippen molar-refractivity contribution in [3.05, 3.63) is 24.1 Å². The number of halogens is 1. The van der Waals surface area contributed by atoms with Gasteiger partial charge < -0.3 is 14.4 Å². The standard InChI is InChI=1S/C18H24FN3O5S/c1-25-16-9-13-15(10-17(16)26-2)21-11-14(19)18(13)22-6-3-12(4-7-22)5-8-27-28(20,23)24/h9-12H,3-8H2,1-2H3,(H2,20,23,24). The number of nitrogens with two attached hydrogens (primary N) is 1. The molecule has 0 aliphatic carbocycles. The number of anilines is 1. The predicted octanol–water partition coefficient (Wildman–Crippen LogP) is 2.22. The van der Waals surface area contributed by atoms with E-state index in [0.717, 1.165) is 12.8 Å². The van der Waals surface area contributed by atoms with Crippen LogP contribution in [0, 0.1) is 11.7 Å². The van der Waals surface area contributed by atoms with E-state index < -0.39 is 16.1 Å². The van der Waals surface area contributed by atoms with Gasteiger partial charge in [-0.25, -0.2) is 9.53 Å². The monoisotopic (exact) mass is 413 g/mol. The van der Waals surface area contributed by atoms with Gasteiger partial charge in [-0.3, -0.25) is 9.17 Å². The van der Waals surface area contributed by atoms with Crippen LogP contribution < -0.4 is 19.5 Å². The van der Waals surface area contributed by atoms with E-state index in [0.29, 0.717) is 53.5 Å². The van der Waals surface area contributed by atoms with Gasteiger partial charge in [-0.15, -0.1) is 0 Å². The minimum Gasteiger partial charge on any atom is -0.493 e. The fourth-order valence-electron chi connectivity index (χ4n) is 3.58. The van der Waals surface area contributed by atoms with Crippen LogP contribution >= 0.6 is 0 Å². The third-order valence-electron chi connectivity index (χ3n) is 5.00. The molecule has 1 saturated heterocycles. The highest BCUT2D eigenvalue weighted by Crippen LogP contribution is 2.38. The average Bonchev–Trinajstić information content (AvgIpc) is 2.66. The first-order valence-corrected chi connectivity index (χ1v) is 10.4. The number of benzene rings is 1. The summed E-state index contributed by atoms with van der Waals surface area (Å²) in [7, 11) is -0.837. The van der Waals surface area contributed by atoms with Crippen LogP contribution in [0.4, 0.5) is 10.1 Å². The van der Waals surface area contributed by atoms with Crippen molar-refractivity contribution in [2.75, 3.05) is 38.8 Å². The van der Waals surface area contributed by atoms with E-state index in [1.165, 1.54) is 13.3 Å². The largest absolute Gasteiger partial charge is 0.493 e. The molecule has 0 unspecified atom stereocenters. The molecule has 1 aliphatic rings. The van der Waals surface area contributed by atoms with Crippen molar-refractivity contribution >= 4 is 26.9 Å². The van der Waals surface area contributed by atoms with Crippen LogP contribution in [0.3, 0.4) is 0 Å². The number of fused-ring (bicyclic) bond motifs is 1. The lowest BCUT2D eigenvalue weighted by Crippen LogP contribution is -2.35. The Labute approximate surface area is 163 Å². The van der Waals surface area contributed by atoms with E-state index in [-0.39, 0.29) is 6.61 Å². The number of ether oxygens (including phenoxy) is 2. The zero-order chi connectivity index (χ0) is 20.3. The summed E-state index contributed by atoms with van der Waals surface area (Å²) >= 11 is 0. The zero-order valence-electron chi connectivity index (χ0n) is 15.9. The number of piperidine rings is 1. The number of pyridine rings is 1. The number of nitrogens with zero attached hydrogens (tertiary/aromatic N) is 2. The first-order valence-electron chi connectivity index (χ1n) is 8.94.